The molecule has 0 saturated heterocycles. The Kier molecular flexibility index (Phi) is 4.73. The third-order valence-electron chi connectivity index (χ3n) is 3.03. The first-order valence-electron chi connectivity index (χ1n) is 6.46. The second-order valence-electron chi connectivity index (χ2n) is 4.73. The van der Waals surface area contributed by atoms with Gasteiger partial charge in [-0.2, -0.15) is 0 Å². The monoisotopic (exact) mass is 291 g/mol. The molecule has 0 spiro atoms. The Morgan fingerprint density at radius 3 is 2.40 bits per heavy atom. The molecule has 1 atom stereocenters. The van der Waals surface area contributed by atoms with Crippen molar-refractivity contribution in [3.05, 3.63) is 47.0 Å². The van der Waals surface area contributed by atoms with Crippen molar-refractivity contribution < 1.29 is 4.39 Å². The number of halogens is 1. The quantitative estimate of drug-likeness (QED) is 0.872. The smallest absolute Gasteiger partial charge is 0.192 e. The third-order valence-corrected chi connectivity index (χ3v) is 3.99. The van der Waals surface area contributed by atoms with Gasteiger partial charge in [0.1, 0.15) is 5.82 Å². The van der Waals surface area contributed by atoms with Gasteiger partial charge in [0.2, 0.25) is 0 Å². The van der Waals surface area contributed by atoms with Gasteiger partial charge in [-0.3, -0.25) is 0 Å². The molecule has 1 unspecified atom stereocenters. The Morgan fingerprint density at radius 1 is 1.15 bits per heavy atom. The Hall–Kier alpha value is -1.46. The van der Waals surface area contributed by atoms with Crippen LogP contribution in [0.4, 0.5) is 4.39 Å². The minimum absolute atomic E-state index is 0.0686. The Labute approximate surface area is 123 Å². The van der Waals surface area contributed by atoms with Crippen LogP contribution in [0.3, 0.4) is 0 Å². The third kappa shape index (κ3) is 3.55. The average Bonchev–Trinajstić information content (AvgIpc) is 2.38. The minimum Gasteiger partial charge on any atom is -0.313 e. The maximum Gasteiger partial charge on any atom is 0.192 e. The molecule has 20 heavy (non-hydrogen) atoms. The van der Waals surface area contributed by atoms with Gasteiger partial charge >= 0.3 is 0 Å². The van der Waals surface area contributed by atoms with Crippen molar-refractivity contribution in [2.24, 2.45) is 0 Å². The molecule has 1 aromatic carbocycles. The second-order valence-corrected chi connectivity index (χ2v) is 5.74. The molecule has 0 fully saturated rings. The number of nitrogens with zero attached hydrogens (tertiary/aromatic N) is 2. The number of rotatable bonds is 4. The summed E-state index contributed by atoms with van der Waals surface area (Å²) in [6.45, 7) is 5.89. The van der Waals surface area contributed by atoms with Gasteiger partial charge in [-0.1, -0.05) is 0 Å². The van der Waals surface area contributed by atoms with Gasteiger partial charge in [-0.25, -0.2) is 14.4 Å². The van der Waals surface area contributed by atoms with Crippen LogP contribution in [-0.2, 0) is 0 Å². The van der Waals surface area contributed by atoms with E-state index in [4.69, 9.17) is 0 Å². The van der Waals surface area contributed by atoms with E-state index < -0.39 is 0 Å². The maximum absolute atomic E-state index is 13.4. The number of benzene rings is 1. The van der Waals surface area contributed by atoms with Crippen LogP contribution in [0.1, 0.15) is 29.9 Å². The standard InChI is InChI=1S/C15H18FN3S/c1-9-7-10(2)19-15(18-9)20-14-6-5-12(16)8-13(14)11(3)17-4/h5-8,11,17H,1-4H3. The number of aromatic nitrogens is 2. The van der Waals surface area contributed by atoms with Gasteiger partial charge in [-0.15, -0.1) is 0 Å². The summed E-state index contributed by atoms with van der Waals surface area (Å²) >= 11 is 1.47. The summed E-state index contributed by atoms with van der Waals surface area (Å²) in [4.78, 5) is 9.80. The Balaban J connectivity index is 2.37. The number of hydrogen-bond donors (Lipinski definition) is 1. The SMILES string of the molecule is CNC(C)c1cc(F)ccc1Sc1nc(C)cc(C)n1. The average molecular weight is 291 g/mol. The van der Waals surface area contributed by atoms with Crippen LogP contribution in [0.25, 0.3) is 0 Å². The van der Waals surface area contributed by atoms with Crippen molar-refractivity contribution in [3.63, 3.8) is 0 Å². The second kappa shape index (κ2) is 6.33. The summed E-state index contributed by atoms with van der Waals surface area (Å²) in [6.07, 6.45) is 0. The van der Waals surface area contributed by atoms with E-state index >= 15 is 0 Å². The lowest BCUT2D eigenvalue weighted by Crippen LogP contribution is -2.13. The molecule has 1 N–H and O–H groups in total. The Bertz CT molecular complexity index is 596. The summed E-state index contributed by atoms with van der Waals surface area (Å²) in [6, 6.07) is 6.82. The van der Waals surface area contributed by atoms with E-state index in [1.54, 1.807) is 12.1 Å². The summed E-state index contributed by atoms with van der Waals surface area (Å²) < 4.78 is 13.4. The molecule has 1 heterocycles. The summed E-state index contributed by atoms with van der Waals surface area (Å²) in [5.74, 6) is -0.229. The van der Waals surface area contributed by atoms with Crippen LogP contribution in [0.2, 0.25) is 0 Å². The van der Waals surface area contributed by atoms with Crippen LogP contribution in [0, 0.1) is 19.7 Å². The molecule has 5 heteroatoms. The molecule has 1 aromatic heterocycles. The highest BCUT2D eigenvalue weighted by atomic mass is 32.2. The number of hydrogen-bond acceptors (Lipinski definition) is 4. The highest BCUT2D eigenvalue weighted by Gasteiger charge is 2.13. The molecule has 0 aliphatic rings. The zero-order chi connectivity index (χ0) is 14.7. The summed E-state index contributed by atoms with van der Waals surface area (Å²) in [5, 5.41) is 3.83. The first kappa shape index (κ1) is 14.9. The van der Waals surface area contributed by atoms with Crippen molar-refractivity contribution in [2.75, 3.05) is 7.05 Å². The van der Waals surface area contributed by atoms with Gasteiger partial charge in [0.25, 0.3) is 0 Å². The number of aryl methyl sites for hydroxylation is 2. The molecule has 2 aromatic rings. The fraction of sp³-hybridized carbons (Fsp3) is 0.333. The van der Waals surface area contributed by atoms with Crippen molar-refractivity contribution in [1.29, 1.82) is 0 Å². The topological polar surface area (TPSA) is 37.8 Å². The lowest BCUT2D eigenvalue weighted by atomic mass is 10.1. The van der Waals surface area contributed by atoms with Gasteiger partial charge in [0, 0.05) is 22.3 Å². The summed E-state index contributed by atoms with van der Waals surface area (Å²) in [5.41, 5.74) is 2.79. The van der Waals surface area contributed by atoms with Crippen molar-refractivity contribution in [2.45, 2.75) is 36.9 Å². The van der Waals surface area contributed by atoms with Gasteiger partial charge in [-0.05, 0) is 69.4 Å². The fourth-order valence-corrected chi connectivity index (χ4v) is 3.01. The zero-order valence-electron chi connectivity index (χ0n) is 12.1. The lowest BCUT2D eigenvalue weighted by Gasteiger charge is -2.15. The first-order chi connectivity index (χ1) is 9.49. The molecular weight excluding hydrogens is 273 g/mol. The molecule has 0 bridgehead atoms. The molecule has 0 aliphatic heterocycles. The molecule has 3 nitrogen and oxygen atoms in total. The van der Waals surface area contributed by atoms with Gasteiger partial charge in [0.05, 0.1) is 0 Å². The van der Waals surface area contributed by atoms with Gasteiger partial charge in [0.15, 0.2) is 5.16 Å². The lowest BCUT2D eigenvalue weighted by molar-refractivity contribution is 0.601. The van der Waals surface area contributed by atoms with E-state index in [0.29, 0.717) is 5.16 Å². The van der Waals surface area contributed by atoms with Crippen molar-refractivity contribution in [1.82, 2.24) is 15.3 Å². The molecule has 2 rings (SSSR count). The minimum atomic E-state index is -0.229. The molecule has 0 saturated carbocycles. The maximum atomic E-state index is 13.4. The van der Waals surface area contributed by atoms with E-state index in [-0.39, 0.29) is 11.9 Å². The molecule has 0 amide bonds. The molecule has 0 aliphatic carbocycles. The predicted molar refractivity (Wildman–Crippen MR) is 79.5 cm³/mol. The normalized spacial score (nSPS) is 12.4. The fourth-order valence-electron chi connectivity index (χ4n) is 1.94. The highest BCUT2D eigenvalue weighted by molar-refractivity contribution is 7.99. The predicted octanol–water partition coefficient (Wildman–Crippen LogP) is 3.66. The van der Waals surface area contributed by atoms with Crippen molar-refractivity contribution in [3.8, 4) is 0 Å². The first-order valence-corrected chi connectivity index (χ1v) is 7.28. The largest absolute Gasteiger partial charge is 0.313 e. The number of nitrogens with one attached hydrogen (secondary N) is 1. The highest BCUT2D eigenvalue weighted by Crippen LogP contribution is 2.32. The zero-order valence-corrected chi connectivity index (χ0v) is 12.9. The van der Waals surface area contributed by atoms with Crippen LogP contribution in [0.5, 0.6) is 0 Å². The van der Waals surface area contributed by atoms with Crippen molar-refractivity contribution >= 4 is 11.8 Å². The van der Waals surface area contributed by atoms with Crippen LogP contribution < -0.4 is 5.32 Å². The van der Waals surface area contributed by atoms with E-state index in [2.05, 4.69) is 15.3 Å². The van der Waals surface area contributed by atoms with E-state index in [0.717, 1.165) is 21.8 Å². The van der Waals surface area contributed by atoms with Crippen LogP contribution >= 0.6 is 11.8 Å². The van der Waals surface area contributed by atoms with E-state index in [9.17, 15) is 4.39 Å². The summed E-state index contributed by atoms with van der Waals surface area (Å²) in [7, 11) is 1.86. The van der Waals surface area contributed by atoms with Crippen LogP contribution in [-0.4, -0.2) is 17.0 Å². The van der Waals surface area contributed by atoms with Gasteiger partial charge < -0.3 is 5.32 Å². The Morgan fingerprint density at radius 2 is 1.80 bits per heavy atom. The van der Waals surface area contributed by atoms with E-state index in [1.165, 1.54) is 17.8 Å². The van der Waals surface area contributed by atoms with Crippen LogP contribution in [0.15, 0.2) is 34.3 Å². The van der Waals surface area contributed by atoms with E-state index in [1.807, 2.05) is 33.9 Å². The molecular formula is C15H18FN3S. The molecule has 0 radical (unpaired) electrons. The molecule has 106 valence electrons.